The second-order valence-electron chi connectivity index (χ2n) is 9.23. The topological polar surface area (TPSA) is 0 Å². The predicted molar refractivity (Wildman–Crippen MR) is 134 cm³/mol. The van der Waals surface area contributed by atoms with Gasteiger partial charge in [-0.1, -0.05) is 97.1 Å². The Hall–Kier alpha value is -3.64. The molecule has 0 aromatic heterocycles. The van der Waals surface area contributed by atoms with Crippen molar-refractivity contribution < 1.29 is 0 Å². The zero-order valence-electron chi connectivity index (χ0n) is 18.0. The van der Waals surface area contributed by atoms with Crippen molar-refractivity contribution in [2.75, 3.05) is 0 Å². The van der Waals surface area contributed by atoms with Crippen molar-refractivity contribution in [3.05, 3.63) is 131 Å². The fourth-order valence-electron chi connectivity index (χ4n) is 6.21. The van der Waals surface area contributed by atoms with E-state index in [0.29, 0.717) is 11.8 Å². The van der Waals surface area contributed by atoms with Crippen LogP contribution >= 0.6 is 0 Å². The van der Waals surface area contributed by atoms with Crippen LogP contribution in [0.15, 0.2) is 109 Å². The molecule has 1 unspecified atom stereocenters. The van der Waals surface area contributed by atoms with E-state index in [4.69, 9.17) is 0 Å². The van der Waals surface area contributed by atoms with Crippen LogP contribution in [0.3, 0.4) is 0 Å². The second kappa shape index (κ2) is 6.93. The van der Waals surface area contributed by atoms with Gasteiger partial charge in [0, 0.05) is 11.8 Å². The van der Waals surface area contributed by atoms with Crippen molar-refractivity contribution in [2.24, 2.45) is 0 Å². The van der Waals surface area contributed by atoms with Gasteiger partial charge in [0.1, 0.15) is 0 Å². The molecule has 7 rings (SSSR count). The first-order valence-corrected chi connectivity index (χ1v) is 11.7. The Labute approximate surface area is 189 Å². The molecule has 0 spiro atoms. The molecule has 0 bridgehead atoms. The van der Waals surface area contributed by atoms with Crippen molar-refractivity contribution >= 4 is 10.8 Å². The zero-order chi connectivity index (χ0) is 21.1. The van der Waals surface area contributed by atoms with E-state index in [0.717, 1.165) is 6.42 Å². The lowest BCUT2D eigenvalue weighted by molar-refractivity contribution is 0.626. The molecular formula is C32H24. The largest absolute Gasteiger partial charge is 0.0619 e. The van der Waals surface area contributed by atoms with Crippen LogP contribution in [-0.2, 0) is 0 Å². The molecule has 5 aromatic carbocycles. The van der Waals surface area contributed by atoms with Crippen LogP contribution in [0.5, 0.6) is 0 Å². The Morgan fingerprint density at radius 3 is 1.34 bits per heavy atom. The van der Waals surface area contributed by atoms with E-state index in [1.807, 2.05) is 0 Å². The van der Waals surface area contributed by atoms with E-state index in [-0.39, 0.29) is 0 Å². The van der Waals surface area contributed by atoms with Crippen LogP contribution in [0.2, 0.25) is 0 Å². The summed E-state index contributed by atoms with van der Waals surface area (Å²) in [5.74, 6) is 0.949. The summed E-state index contributed by atoms with van der Waals surface area (Å²) in [6, 6.07) is 40.7. The fourth-order valence-corrected chi connectivity index (χ4v) is 6.21. The Balaban J connectivity index is 1.31. The lowest BCUT2D eigenvalue weighted by atomic mass is 9.85. The quantitative estimate of drug-likeness (QED) is 0.280. The molecule has 0 heterocycles. The van der Waals surface area contributed by atoms with Crippen molar-refractivity contribution in [1.82, 2.24) is 0 Å². The number of benzene rings is 5. The maximum Gasteiger partial charge on any atom is 0.0102 e. The van der Waals surface area contributed by atoms with Crippen LogP contribution < -0.4 is 0 Å². The predicted octanol–water partition coefficient (Wildman–Crippen LogP) is 8.54. The van der Waals surface area contributed by atoms with Gasteiger partial charge in [0.15, 0.2) is 0 Å². The van der Waals surface area contributed by atoms with Crippen LogP contribution in [0.4, 0.5) is 0 Å². The molecule has 0 radical (unpaired) electrons. The smallest absolute Gasteiger partial charge is 0.0102 e. The fraction of sp³-hybridized carbons (Fsp3) is 0.125. The van der Waals surface area contributed by atoms with Crippen LogP contribution in [0, 0.1) is 0 Å². The molecule has 0 N–H and O–H groups in total. The zero-order valence-corrected chi connectivity index (χ0v) is 18.0. The summed E-state index contributed by atoms with van der Waals surface area (Å²) in [5.41, 5.74) is 11.7. The molecule has 32 heavy (non-hydrogen) atoms. The molecule has 0 nitrogen and oxygen atoms in total. The average Bonchev–Trinajstić information content (AvgIpc) is 3.34. The van der Waals surface area contributed by atoms with Crippen LogP contribution in [0.25, 0.3) is 33.0 Å². The third-order valence-electron chi connectivity index (χ3n) is 7.63. The van der Waals surface area contributed by atoms with Crippen molar-refractivity contribution in [1.29, 1.82) is 0 Å². The summed E-state index contributed by atoms with van der Waals surface area (Å²) in [7, 11) is 0. The Kier molecular flexibility index (Phi) is 3.90. The van der Waals surface area contributed by atoms with Gasteiger partial charge in [-0.15, -0.1) is 0 Å². The van der Waals surface area contributed by atoms with E-state index >= 15 is 0 Å². The van der Waals surface area contributed by atoms with Gasteiger partial charge in [-0.25, -0.2) is 0 Å². The standard InChI is InChI=1S/C32H24/c1-2-10-22-20-32-30(27-15-7-8-16-28(27)31(32)19-21(22)9-1)18-17-29-25-13-5-3-11-23(25)24-12-4-6-14-26(24)29/h1-16,19-20,29-30H,17-18H2. The summed E-state index contributed by atoms with van der Waals surface area (Å²) in [5, 5.41) is 2.68. The maximum atomic E-state index is 2.45. The Morgan fingerprint density at radius 1 is 0.375 bits per heavy atom. The molecule has 0 saturated carbocycles. The number of rotatable bonds is 3. The molecular weight excluding hydrogens is 384 g/mol. The van der Waals surface area contributed by atoms with Gasteiger partial charge in [0.05, 0.1) is 0 Å². The van der Waals surface area contributed by atoms with Gasteiger partial charge in [-0.05, 0) is 80.3 Å². The van der Waals surface area contributed by atoms with Gasteiger partial charge in [-0.2, -0.15) is 0 Å². The normalized spacial score (nSPS) is 15.9. The van der Waals surface area contributed by atoms with Gasteiger partial charge < -0.3 is 0 Å². The molecule has 2 aliphatic rings. The highest BCUT2D eigenvalue weighted by Crippen LogP contribution is 2.51. The van der Waals surface area contributed by atoms with Crippen molar-refractivity contribution in [3.63, 3.8) is 0 Å². The molecule has 0 heteroatoms. The molecule has 1 atom stereocenters. The second-order valence-corrected chi connectivity index (χ2v) is 9.23. The minimum absolute atomic E-state index is 0.464. The van der Waals surface area contributed by atoms with Gasteiger partial charge in [0.25, 0.3) is 0 Å². The van der Waals surface area contributed by atoms with Gasteiger partial charge >= 0.3 is 0 Å². The van der Waals surface area contributed by atoms with Crippen molar-refractivity contribution in [2.45, 2.75) is 24.7 Å². The van der Waals surface area contributed by atoms with E-state index < -0.39 is 0 Å². The Bertz CT molecular complexity index is 1440. The first-order valence-electron chi connectivity index (χ1n) is 11.7. The summed E-state index contributed by atoms with van der Waals surface area (Å²) < 4.78 is 0. The third kappa shape index (κ3) is 2.56. The SMILES string of the molecule is c1ccc2c(c1)-c1ccccc1C2CCC1c2ccccc2-c2cc3ccccc3cc21. The molecule has 152 valence electrons. The molecule has 0 fully saturated rings. The highest BCUT2D eigenvalue weighted by Gasteiger charge is 2.32. The molecule has 5 aromatic rings. The highest BCUT2D eigenvalue weighted by molar-refractivity contribution is 5.92. The lowest BCUT2D eigenvalue weighted by Crippen LogP contribution is -2.03. The van der Waals surface area contributed by atoms with Crippen molar-refractivity contribution in [3.8, 4) is 22.3 Å². The molecule has 2 aliphatic carbocycles. The van der Waals surface area contributed by atoms with E-state index in [2.05, 4.69) is 109 Å². The summed E-state index contributed by atoms with van der Waals surface area (Å²) in [4.78, 5) is 0. The first-order chi connectivity index (χ1) is 15.9. The van der Waals surface area contributed by atoms with Gasteiger partial charge in [-0.3, -0.25) is 0 Å². The molecule has 0 amide bonds. The minimum atomic E-state index is 0.464. The number of fused-ring (bicyclic) bond motifs is 7. The summed E-state index contributed by atoms with van der Waals surface area (Å²) >= 11 is 0. The number of hydrogen-bond acceptors (Lipinski definition) is 0. The monoisotopic (exact) mass is 408 g/mol. The summed E-state index contributed by atoms with van der Waals surface area (Å²) in [6.07, 6.45) is 2.33. The van der Waals surface area contributed by atoms with Crippen LogP contribution in [0.1, 0.15) is 46.9 Å². The van der Waals surface area contributed by atoms with E-state index in [1.54, 1.807) is 0 Å². The molecule has 0 saturated heterocycles. The van der Waals surface area contributed by atoms with E-state index in [9.17, 15) is 0 Å². The lowest BCUT2D eigenvalue weighted by Gasteiger charge is -2.19. The highest BCUT2D eigenvalue weighted by atomic mass is 14.4. The van der Waals surface area contributed by atoms with Crippen LogP contribution in [-0.4, -0.2) is 0 Å². The first kappa shape index (κ1) is 18.0. The number of hydrogen-bond donors (Lipinski definition) is 0. The molecule has 0 aliphatic heterocycles. The maximum absolute atomic E-state index is 2.45. The Morgan fingerprint density at radius 2 is 0.781 bits per heavy atom. The summed E-state index contributed by atoms with van der Waals surface area (Å²) in [6.45, 7) is 0. The minimum Gasteiger partial charge on any atom is -0.0619 e. The average molecular weight is 409 g/mol. The van der Waals surface area contributed by atoms with E-state index in [1.165, 1.54) is 61.7 Å². The van der Waals surface area contributed by atoms with Gasteiger partial charge in [0.2, 0.25) is 0 Å². The third-order valence-corrected chi connectivity index (χ3v) is 7.63.